The van der Waals surface area contributed by atoms with Gasteiger partial charge in [0.05, 0.1) is 9.85 Å². The van der Waals surface area contributed by atoms with Crippen molar-refractivity contribution >= 4 is 64.9 Å². The van der Waals surface area contributed by atoms with E-state index in [0.717, 1.165) is 15.1 Å². The second-order valence-electron chi connectivity index (χ2n) is 4.19. The summed E-state index contributed by atoms with van der Waals surface area (Å²) in [6.45, 7) is 0. The molecule has 1 unspecified atom stereocenters. The zero-order chi connectivity index (χ0) is 13.4. The van der Waals surface area contributed by atoms with E-state index in [1.165, 1.54) is 15.6 Å². The Hall–Kier alpha value is -0.350. The first-order valence-electron chi connectivity index (χ1n) is 5.72. The van der Waals surface area contributed by atoms with E-state index in [1.807, 2.05) is 12.1 Å². The standard InChI is InChI=1S/C15H9Br2ClS/c16-12-6-3-5-10(15(12)18)14(17)11-8-19-13-7-2-1-4-9(11)13/h1-8,14H. The van der Waals surface area contributed by atoms with Gasteiger partial charge in [0.15, 0.2) is 0 Å². The Morgan fingerprint density at radius 1 is 1.00 bits per heavy atom. The zero-order valence-electron chi connectivity index (χ0n) is 9.74. The summed E-state index contributed by atoms with van der Waals surface area (Å²) < 4.78 is 2.23. The van der Waals surface area contributed by atoms with Crippen LogP contribution < -0.4 is 0 Å². The quantitative estimate of drug-likeness (QED) is 0.403. The van der Waals surface area contributed by atoms with Crippen LogP contribution in [0.25, 0.3) is 10.1 Å². The molecule has 96 valence electrons. The molecular formula is C15H9Br2ClS. The molecule has 3 aromatic rings. The van der Waals surface area contributed by atoms with Gasteiger partial charge in [-0.1, -0.05) is 57.9 Å². The molecule has 0 saturated heterocycles. The van der Waals surface area contributed by atoms with Crippen LogP contribution in [0.15, 0.2) is 52.3 Å². The van der Waals surface area contributed by atoms with Gasteiger partial charge in [-0.25, -0.2) is 0 Å². The van der Waals surface area contributed by atoms with Gasteiger partial charge >= 0.3 is 0 Å². The molecule has 3 rings (SSSR count). The highest BCUT2D eigenvalue weighted by Crippen LogP contribution is 2.42. The summed E-state index contributed by atoms with van der Waals surface area (Å²) in [7, 11) is 0. The van der Waals surface area contributed by atoms with Crippen molar-refractivity contribution in [1.29, 1.82) is 0 Å². The number of alkyl halides is 1. The van der Waals surface area contributed by atoms with Crippen molar-refractivity contribution < 1.29 is 0 Å². The van der Waals surface area contributed by atoms with Crippen LogP contribution in [0, 0.1) is 0 Å². The van der Waals surface area contributed by atoms with Gasteiger partial charge < -0.3 is 0 Å². The summed E-state index contributed by atoms with van der Waals surface area (Å²) in [6.07, 6.45) is 0. The smallest absolute Gasteiger partial charge is 0.0673 e. The lowest BCUT2D eigenvalue weighted by atomic mass is 10.0. The predicted molar refractivity (Wildman–Crippen MR) is 91.7 cm³/mol. The van der Waals surface area contributed by atoms with Crippen molar-refractivity contribution in [3.8, 4) is 0 Å². The first-order chi connectivity index (χ1) is 9.18. The van der Waals surface area contributed by atoms with Crippen LogP contribution in [0.2, 0.25) is 5.02 Å². The average Bonchev–Trinajstić information content (AvgIpc) is 2.85. The van der Waals surface area contributed by atoms with E-state index in [1.54, 1.807) is 11.3 Å². The van der Waals surface area contributed by atoms with Crippen molar-refractivity contribution in [2.24, 2.45) is 0 Å². The monoisotopic (exact) mass is 414 g/mol. The lowest BCUT2D eigenvalue weighted by Gasteiger charge is -2.12. The number of thiophene rings is 1. The van der Waals surface area contributed by atoms with Gasteiger partial charge in [0.1, 0.15) is 0 Å². The van der Waals surface area contributed by atoms with Crippen LogP contribution >= 0.6 is 54.8 Å². The summed E-state index contributed by atoms with van der Waals surface area (Å²) in [5.74, 6) is 0. The van der Waals surface area contributed by atoms with Crippen LogP contribution in [-0.4, -0.2) is 0 Å². The Kier molecular flexibility index (Phi) is 3.99. The van der Waals surface area contributed by atoms with Gasteiger partial charge in [-0.2, -0.15) is 0 Å². The van der Waals surface area contributed by atoms with Crippen molar-refractivity contribution in [3.63, 3.8) is 0 Å². The molecule has 19 heavy (non-hydrogen) atoms. The fourth-order valence-electron chi connectivity index (χ4n) is 2.08. The molecule has 1 aromatic heterocycles. The van der Waals surface area contributed by atoms with E-state index >= 15 is 0 Å². The highest BCUT2D eigenvalue weighted by Gasteiger charge is 2.18. The van der Waals surface area contributed by atoms with Gasteiger partial charge in [0.25, 0.3) is 0 Å². The summed E-state index contributed by atoms with van der Waals surface area (Å²) in [5, 5.41) is 4.24. The van der Waals surface area contributed by atoms with Crippen LogP contribution in [0.5, 0.6) is 0 Å². The highest BCUT2D eigenvalue weighted by molar-refractivity contribution is 9.10. The molecule has 2 aromatic carbocycles. The number of benzene rings is 2. The van der Waals surface area contributed by atoms with Crippen LogP contribution in [0.1, 0.15) is 16.0 Å². The summed E-state index contributed by atoms with van der Waals surface area (Å²) in [4.78, 5) is 0.105. The fraction of sp³-hybridized carbons (Fsp3) is 0.0667. The SMILES string of the molecule is Clc1c(Br)cccc1C(Br)c1csc2ccccc12. The Labute approximate surface area is 137 Å². The van der Waals surface area contributed by atoms with Gasteiger partial charge in [-0.15, -0.1) is 11.3 Å². The number of hydrogen-bond acceptors (Lipinski definition) is 1. The van der Waals surface area contributed by atoms with Gasteiger partial charge in [-0.3, -0.25) is 0 Å². The minimum atomic E-state index is 0.105. The molecule has 0 spiro atoms. The molecule has 0 bridgehead atoms. The first kappa shape index (κ1) is 13.6. The second-order valence-corrected chi connectivity index (χ2v) is 7.25. The maximum atomic E-state index is 6.38. The van der Waals surface area contributed by atoms with Crippen LogP contribution in [-0.2, 0) is 0 Å². The molecular weight excluding hydrogens is 407 g/mol. The van der Waals surface area contributed by atoms with Crippen LogP contribution in [0.3, 0.4) is 0 Å². The molecule has 0 nitrogen and oxygen atoms in total. The third kappa shape index (κ3) is 2.49. The van der Waals surface area contributed by atoms with Crippen molar-refractivity contribution in [1.82, 2.24) is 0 Å². The summed E-state index contributed by atoms with van der Waals surface area (Å²) >= 11 is 15.4. The normalized spacial score (nSPS) is 12.8. The molecule has 0 saturated carbocycles. The molecule has 0 aliphatic carbocycles. The van der Waals surface area contributed by atoms with E-state index in [0.29, 0.717) is 0 Å². The van der Waals surface area contributed by atoms with Crippen LogP contribution in [0.4, 0.5) is 0 Å². The summed E-state index contributed by atoms with van der Waals surface area (Å²) in [6, 6.07) is 14.5. The van der Waals surface area contributed by atoms with E-state index < -0.39 is 0 Å². The van der Waals surface area contributed by atoms with Gasteiger partial charge in [0, 0.05) is 9.17 Å². The minimum Gasteiger partial charge on any atom is -0.143 e. The molecule has 1 heterocycles. The van der Waals surface area contributed by atoms with Crippen molar-refractivity contribution in [2.45, 2.75) is 4.83 Å². The maximum Gasteiger partial charge on any atom is 0.0673 e. The fourth-order valence-corrected chi connectivity index (χ4v) is 4.75. The third-order valence-corrected chi connectivity index (χ3v) is 6.32. The highest BCUT2D eigenvalue weighted by atomic mass is 79.9. The number of rotatable bonds is 2. The Morgan fingerprint density at radius 2 is 1.79 bits per heavy atom. The van der Waals surface area contributed by atoms with Gasteiger partial charge in [-0.05, 0) is 50.0 Å². The first-order valence-corrected chi connectivity index (χ1v) is 8.69. The third-order valence-electron chi connectivity index (χ3n) is 3.04. The Bertz CT molecular complexity index is 736. The zero-order valence-corrected chi connectivity index (χ0v) is 14.5. The summed E-state index contributed by atoms with van der Waals surface area (Å²) in [5.41, 5.74) is 2.35. The molecule has 4 heteroatoms. The molecule has 0 radical (unpaired) electrons. The molecule has 0 aliphatic rings. The number of fused-ring (bicyclic) bond motifs is 1. The largest absolute Gasteiger partial charge is 0.143 e. The number of hydrogen-bond donors (Lipinski definition) is 0. The predicted octanol–water partition coefficient (Wildman–Crippen LogP) is 6.80. The van der Waals surface area contributed by atoms with E-state index in [2.05, 4.69) is 67.6 Å². The van der Waals surface area contributed by atoms with Crippen molar-refractivity contribution in [2.75, 3.05) is 0 Å². The Morgan fingerprint density at radius 3 is 2.63 bits per heavy atom. The van der Waals surface area contributed by atoms with E-state index in [4.69, 9.17) is 11.6 Å². The molecule has 0 N–H and O–H groups in total. The topological polar surface area (TPSA) is 0 Å². The lowest BCUT2D eigenvalue weighted by Crippen LogP contribution is -1.93. The second kappa shape index (κ2) is 5.57. The van der Waals surface area contributed by atoms with E-state index in [-0.39, 0.29) is 4.83 Å². The minimum absolute atomic E-state index is 0.105. The Balaban J connectivity index is 2.13. The number of halogens is 3. The molecule has 1 atom stereocenters. The average molecular weight is 417 g/mol. The maximum absolute atomic E-state index is 6.38. The molecule has 0 fully saturated rings. The van der Waals surface area contributed by atoms with Gasteiger partial charge in [0.2, 0.25) is 0 Å². The molecule has 0 amide bonds. The van der Waals surface area contributed by atoms with Crippen molar-refractivity contribution in [3.05, 3.63) is 68.5 Å². The van der Waals surface area contributed by atoms with E-state index in [9.17, 15) is 0 Å². The molecule has 0 aliphatic heterocycles. The lowest BCUT2D eigenvalue weighted by molar-refractivity contribution is 1.20.